The molecule has 0 radical (unpaired) electrons. The number of urea groups is 1. The summed E-state index contributed by atoms with van der Waals surface area (Å²) in [7, 11) is 5.17. The third-order valence-electron chi connectivity index (χ3n) is 3.03. The number of amides is 4. The zero-order valence-electron chi connectivity index (χ0n) is 11.5. The molecule has 6 heteroatoms. The first kappa shape index (κ1) is 13.8. The summed E-state index contributed by atoms with van der Waals surface area (Å²) in [5.74, 6) is -1.27. The number of hydrogen-bond donors (Lipinski definition) is 1. The summed E-state index contributed by atoms with van der Waals surface area (Å²) < 4.78 is 0. The van der Waals surface area contributed by atoms with E-state index in [4.69, 9.17) is 0 Å². The van der Waals surface area contributed by atoms with Gasteiger partial charge >= 0.3 is 6.03 Å². The number of hydrogen-bond acceptors (Lipinski definition) is 4. The van der Waals surface area contributed by atoms with E-state index in [2.05, 4.69) is 5.32 Å². The van der Waals surface area contributed by atoms with Crippen LogP contribution in [0.5, 0.6) is 0 Å². The van der Waals surface area contributed by atoms with Crippen LogP contribution in [-0.4, -0.2) is 43.9 Å². The monoisotopic (exact) mass is 273 g/mol. The van der Waals surface area contributed by atoms with E-state index < -0.39 is 17.8 Å². The molecule has 0 spiro atoms. The number of rotatable bonds is 2. The molecule has 0 bridgehead atoms. The molecule has 104 valence electrons. The number of benzene rings is 1. The van der Waals surface area contributed by atoms with E-state index in [-0.39, 0.29) is 5.57 Å². The average Bonchev–Trinajstić information content (AvgIpc) is 2.42. The standard InChI is InChI=1S/C14H15N3O3/c1-16(2)10-6-4-9(5-7-10)8-11-12(18)15-14(20)17(3)13(11)19/h4-8H,1-3H3,(H,15,18,20)/b11-8-. The lowest BCUT2D eigenvalue weighted by Crippen LogP contribution is -2.52. The van der Waals surface area contributed by atoms with Crippen molar-refractivity contribution >= 4 is 29.6 Å². The summed E-state index contributed by atoms with van der Waals surface area (Å²) in [6.07, 6.45) is 1.47. The van der Waals surface area contributed by atoms with Crippen LogP contribution in [0, 0.1) is 0 Å². The Kier molecular flexibility index (Phi) is 3.56. The maximum absolute atomic E-state index is 11.9. The summed E-state index contributed by atoms with van der Waals surface area (Å²) in [5, 5.41) is 2.11. The molecule has 2 rings (SSSR count). The molecule has 1 saturated heterocycles. The second-order valence-electron chi connectivity index (χ2n) is 4.67. The third-order valence-corrected chi connectivity index (χ3v) is 3.03. The molecule has 0 saturated carbocycles. The fourth-order valence-electron chi connectivity index (χ4n) is 1.78. The van der Waals surface area contributed by atoms with Gasteiger partial charge in [-0.05, 0) is 23.8 Å². The fraction of sp³-hybridized carbons (Fsp3) is 0.214. The highest BCUT2D eigenvalue weighted by Crippen LogP contribution is 2.16. The van der Waals surface area contributed by atoms with Crippen LogP contribution in [0.1, 0.15) is 5.56 Å². The molecule has 1 aliphatic rings. The number of nitrogens with zero attached hydrogens (tertiary/aromatic N) is 2. The van der Waals surface area contributed by atoms with Gasteiger partial charge in [0.2, 0.25) is 0 Å². The maximum atomic E-state index is 11.9. The molecular formula is C14H15N3O3. The van der Waals surface area contributed by atoms with E-state index >= 15 is 0 Å². The maximum Gasteiger partial charge on any atom is 0.331 e. The highest BCUT2D eigenvalue weighted by Gasteiger charge is 2.32. The topological polar surface area (TPSA) is 69.7 Å². The van der Waals surface area contributed by atoms with Crippen LogP contribution in [0.2, 0.25) is 0 Å². The minimum absolute atomic E-state index is 0.0512. The van der Waals surface area contributed by atoms with Crippen LogP contribution >= 0.6 is 0 Å². The Balaban J connectivity index is 2.31. The minimum Gasteiger partial charge on any atom is -0.378 e. The van der Waals surface area contributed by atoms with Gasteiger partial charge in [0.25, 0.3) is 11.8 Å². The molecule has 1 aromatic rings. The van der Waals surface area contributed by atoms with Crippen LogP contribution in [0.25, 0.3) is 6.08 Å². The Morgan fingerprint density at radius 3 is 2.25 bits per heavy atom. The Bertz CT molecular complexity index is 603. The van der Waals surface area contributed by atoms with Crippen molar-refractivity contribution in [3.63, 3.8) is 0 Å². The molecule has 1 aliphatic heterocycles. The smallest absolute Gasteiger partial charge is 0.331 e. The van der Waals surface area contributed by atoms with Crippen molar-refractivity contribution in [2.45, 2.75) is 0 Å². The number of likely N-dealkylation sites (N-methyl/N-ethyl adjacent to an activating group) is 1. The Morgan fingerprint density at radius 1 is 1.10 bits per heavy atom. The zero-order valence-corrected chi connectivity index (χ0v) is 11.5. The van der Waals surface area contributed by atoms with E-state index in [0.29, 0.717) is 0 Å². The molecule has 20 heavy (non-hydrogen) atoms. The average molecular weight is 273 g/mol. The van der Waals surface area contributed by atoms with Crippen molar-refractivity contribution in [2.24, 2.45) is 0 Å². The predicted molar refractivity (Wildman–Crippen MR) is 75.1 cm³/mol. The largest absolute Gasteiger partial charge is 0.378 e. The molecule has 1 fully saturated rings. The van der Waals surface area contributed by atoms with E-state index in [1.165, 1.54) is 13.1 Å². The minimum atomic E-state index is -0.708. The SMILES string of the molecule is CN1C(=O)NC(=O)/C(=C/c2ccc(N(C)C)cc2)C1=O. The Labute approximate surface area is 116 Å². The summed E-state index contributed by atoms with van der Waals surface area (Å²) in [6.45, 7) is 0. The number of carbonyl (C=O) groups excluding carboxylic acids is 3. The van der Waals surface area contributed by atoms with Gasteiger partial charge in [-0.15, -0.1) is 0 Å². The van der Waals surface area contributed by atoms with Gasteiger partial charge in [-0.1, -0.05) is 12.1 Å². The van der Waals surface area contributed by atoms with Crippen molar-refractivity contribution in [1.82, 2.24) is 10.2 Å². The van der Waals surface area contributed by atoms with E-state index in [1.807, 2.05) is 31.1 Å². The number of anilines is 1. The summed E-state index contributed by atoms with van der Waals surface area (Å²) in [4.78, 5) is 37.7. The van der Waals surface area contributed by atoms with Crippen molar-refractivity contribution in [1.29, 1.82) is 0 Å². The lowest BCUT2D eigenvalue weighted by Gasteiger charge is -2.22. The first-order valence-corrected chi connectivity index (χ1v) is 6.02. The molecule has 6 nitrogen and oxygen atoms in total. The summed E-state index contributed by atoms with van der Waals surface area (Å²) >= 11 is 0. The second kappa shape index (κ2) is 5.16. The molecule has 1 N–H and O–H groups in total. The van der Waals surface area contributed by atoms with Crippen molar-refractivity contribution in [3.05, 3.63) is 35.4 Å². The first-order valence-electron chi connectivity index (χ1n) is 6.02. The van der Waals surface area contributed by atoms with Crippen molar-refractivity contribution in [3.8, 4) is 0 Å². The third kappa shape index (κ3) is 2.54. The van der Waals surface area contributed by atoms with Crippen LogP contribution < -0.4 is 10.2 Å². The molecular weight excluding hydrogens is 258 g/mol. The first-order chi connectivity index (χ1) is 9.40. The second-order valence-corrected chi connectivity index (χ2v) is 4.67. The number of imide groups is 2. The lowest BCUT2D eigenvalue weighted by atomic mass is 10.1. The quantitative estimate of drug-likeness (QED) is 0.640. The van der Waals surface area contributed by atoms with Crippen LogP contribution in [-0.2, 0) is 9.59 Å². The number of barbiturate groups is 1. The highest BCUT2D eigenvalue weighted by atomic mass is 16.2. The van der Waals surface area contributed by atoms with Gasteiger partial charge in [-0.2, -0.15) is 0 Å². The number of carbonyl (C=O) groups is 3. The van der Waals surface area contributed by atoms with Gasteiger partial charge in [0.05, 0.1) is 0 Å². The van der Waals surface area contributed by atoms with E-state index in [9.17, 15) is 14.4 Å². The molecule has 4 amide bonds. The van der Waals surface area contributed by atoms with Gasteiger partial charge in [0.15, 0.2) is 0 Å². The van der Waals surface area contributed by atoms with E-state index in [1.54, 1.807) is 12.1 Å². The van der Waals surface area contributed by atoms with E-state index in [0.717, 1.165) is 16.2 Å². The molecule has 0 aliphatic carbocycles. The molecule has 1 aromatic carbocycles. The fourth-order valence-corrected chi connectivity index (χ4v) is 1.78. The van der Waals surface area contributed by atoms with Gasteiger partial charge in [-0.25, -0.2) is 4.79 Å². The van der Waals surface area contributed by atoms with Gasteiger partial charge in [0, 0.05) is 26.8 Å². The Morgan fingerprint density at radius 2 is 1.70 bits per heavy atom. The summed E-state index contributed by atoms with van der Waals surface area (Å²) in [6, 6.07) is 6.66. The normalized spacial score (nSPS) is 17.4. The van der Waals surface area contributed by atoms with Crippen molar-refractivity contribution in [2.75, 3.05) is 26.0 Å². The zero-order chi connectivity index (χ0) is 14.9. The molecule has 0 aromatic heterocycles. The highest BCUT2D eigenvalue weighted by molar-refractivity contribution is 6.30. The van der Waals surface area contributed by atoms with Gasteiger partial charge < -0.3 is 4.90 Å². The van der Waals surface area contributed by atoms with Crippen LogP contribution in [0.3, 0.4) is 0 Å². The van der Waals surface area contributed by atoms with Crippen LogP contribution in [0.15, 0.2) is 29.8 Å². The van der Waals surface area contributed by atoms with Gasteiger partial charge in [-0.3, -0.25) is 19.8 Å². The van der Waals surface area contributed by atoms with Crippen LogP contribution in [0.4, 0.5) is 10.5 Å². The molecule has 1 heterocycles. The molecule has 0 unspecified atom stereocenters. The predicted octanol–water partition coefficient (Wildman–Crippen LogP) is 0.844. The summed E-state index contributed by atoms with van der Waals surface area (Å²) in [5.41, 5.74) is 1.68. The Hall–Kier alpha value is -2.63. The number of nitrogens with one attached hydrogen (secondary N) is 1. The van der Waals surface area contributed by atoms with Gasteiger partial charge in [0.1, 0.15) is 5.57 Å². The van der Waals surface area contributed by atoms with Crippen molar-refractivity contribution < 1.29 is 14.4 Å². The molecule has 0 atom stereocenters. The lowest BCUT2D eigenvalue weighted by molar-refractivity contribution is -0.129.